The number of carbonyl (C=O) groups is 1. The Morgan fingerprint density at radius 2 is 2.00 bits per heavy atom. The smallest absolute Gasteiger partial charge is 0.256 e. The Kier molecular flexibility index (Phi) is 3.64. The van der Waals surface area contributed by atoms with Crippen LogP contribution in [0.3, 0.4) is 0 Å². The average Bonchev–Trinajstić information content (AvgIpc) is 2.27. The van der Waals surface area contributed by atoms with Crippen LogP contribution in [-0.2, 0) is 0 Å². The van der Waals surface area contributed by atoms with Crippen molar-refractivity contribution in [3.05, 3.63) is 46.3 Å². The molecule has 0 bridgehead atoms. The zero-order valence-corrected chi connectivity index (χ0v) is 10.5. The fourth-order valence-electron chi connectivity index (χ4n) is 1.32. The number of benzene rings is 1. The third-order valence-electron chi connectivity index (χ3n) is 2.06. The molecule has 18 heavy (non-hydrogen) atoms. The number of nitrogens with zero attached hydrogens (tertiary/aromatic N) is 2. The van der Waals surface area contributed by atoms with Crippen molar-refractivity contribution in [1.82, 2.24) is 9.97 Å². The lowest BCUT2D eigenvalue weighted by Crippen LogP contribution is -2.13. The zero-order chi connectivity index (χ0) is 13.1. The van der Waals surface area contributed by atoms with Gasteiger partial charge in [-0.05, 0) is 29.8 Å². The maximum atomic E-state index is 11.9. The van der Waals surface area contributed by atoms with Gasteiger partial charge in [-0.1, -0.05) is 17.7 Å². The van der Waals surface area contributed by atoms with E-state index in [9.17, 15) is 4.79 Å². The summed E-state index contributed by atoms with van der Waals surface area (Å²) in [4.78, 5) is 19.4. The van der Waals surface area contributed by atoms with Gasteiger partial charge in [0, 0.05) is 17.3 Å². The van der Waals surface area contributed by atoms with Crippen LogP contribution in [0.1, 0.15) is 10.4 Å². The summed E-state index contributed by atoms with van der Waals surface area (Å²) in [7, 11) is 0. The second kappa shape index (κ2) is 5.20. The first kappa shape index (κ1) is 12.6. The highest BCUT2D eigenvalue weighted by molar-refractivity contribution is 6.32. The molecule has 0 aliphatic carbocycles. The predicted octanol–water partition coefficient (Wildman–Crippen LogP) is 2.62. The van der Waals surface area contributed by atoms with Crippen molar-refractivity contribution in [3.63, 3.8) is 0 Å². The Labute approximate surface area is 113 Å². The summed E-state index contributed by atoms with van der Waals surface area (Å²) in [6, 6.07) is 7.97. The second-order valence-electron chi connectivity index (χ2n) is 3.42. The third-order valence-corrected chi connectivity index (χ3v) is 2.42. The number of aromatic nitrogens is 2. The summed E-state index contributed by atoms with van der Waals surface area (Å²) in [5.74, 6) is -0.124. The lowest BCUT2D eigenvalue weighted by molar-refractivity contribution is 0.102. The van der Waals surface area contributed by atoms with Crippen LogP contribution in [0.25, 0.3) is 0 Å². The molecule has 0 unspecified atom stereocenters. The minimum absolute atomic E-state index is 0.0367. The molecule has 1 aromatic carbocycles. The zero-order valence-electron chi connectivity index (χ0n) is 9.02. The molecule has 1 aromatic heterocycles. The highest BCUT2D eigenvalue weighted by atomic mass is 35.5. The van der Waals surface area contributed by atoms with Crippen molar-refractivity contribution in [3.8, 4) is 0 Å². The molecule has 1 amide bonds. The molecule has 2 aromatic rings. The lowest BCUT2D eigenvalue weighted by atomic mass is 10.2. The number of halogens is 2. The second-order valence-corrected chi connectivity index (χ2v) is 4.15. The van der Waals surface area contributed by atoms with E-state index in [1.54, 1.807) is 24.3 Å². The van der Waals surface area contributed by atoms with E-state index >= 15 is 0 Å². The van der Waals surface area contributed by atoms with Gasteiger partial charge in [0.2, 0.25) is 5.28 Å². The maximum absolute atomic E-state index is 11.9. The van der Waals surface area contributed by atoms with Crippen LogP contribution in [-0.4, -0.2) is 15.9 Å². The Balaban J connectivity index is 2.21. The van der Waals surface area contributed by atoms with E-state index in [4.69, 9.17) is 28.9 Å². The molecule has 0 atom stereocenters. The quantitative estimate of drug-likeness (QED) is 0.504. The largest absolute Gasteiger partial charge is 0.399 e. The summed E-state index contributed by atoms with van der Waals surface area (Å²) in [5.41, 5.74) is 6.51. The fourth-order valence-corrected chi connectivity index (χ4v) is 1.73. The van der Waals surface area contributed by atoms with Crippen LogP contribution in [0, 0.1) is 0 Å². The molecule has 0 spiro atoms. The van der Waals surface area contributed by atoms with Crippen LogP contribution >= 0.6 is 23.2 Å². The van der Waals surface area contributed by atoms with Crippen LogP contribution < -0.4 is 11.1 Å². The van der Waals surface area contributed by atoms with E-state index in [0.29, 0.717) is 11.3 Å². The van der Waals surface area contributed by atoms with Crippen molar-refractivity contribution in [2.75, 3.05) is 11.1 Å². The summed E-state index contributed by atoms with van der Waals surface area (Å²) in [6.45, 7) is 0. The van der Waals surface area contributed by atoms with E-state index < -0.39 is 0 Å². The van der Waals surface area contributed by atoms with E-state index in [-0.39, 0.29) is 22.2 Å². The number of carbonyl (C=O) groups excluding carboxylic acids is 1. The van der Waals surface area contributed by atoms with E-state index in [2.05, 4.69) is 15.3 Å². The minimum Gasteiger partial charge on any atom is -0.399 e. The fraction of sp³-hybridized carbons (Fsp3) is 0. The standard InChI is InChI=1S/C11H8Cl2N4O/c12-8-5-9(17-11(13)15-8)16-10(18)6-2-1-3-7(14)4-6/h1-5H,14H2,(H,15,16,17,18). The highest BCUT2D eigenvalue weighted by Crippen LogP contribution is 2.15. The van der Waals surface area contributed by atoms with Gasteiger partial charge in [0.1, 0.15) is 11.0 Å². The molecule has 0 saturated heterocycles. The van der Waals surface area contributed by atoms with Crippen molar-refractivity contribution >= 4 is 40.6 Å². The van der Waals surface area contributed by atoms with Crippen LogP contribution in [0.4, 0.5) is 11.5 Å². The van der Waals surface area contributed by atoms with Crippen LogP contribution in [0.15, 0.2) is 30.3 Å². The Bertz CT molecular complexity index is 583. The number of nitrogens with two attached hydrogens (primary N) is 1. The molecule has 0 aliphatic heterocycles. The molecule has 0 saturated carbocycles. The van der Waals surface area contributed by atoms with E-state index in [1.165, 1.54) is 6.07 Å². The Hall–Kier alpha value is -1.85. The molecule has 0 aliphatic rings. The summed E-state index contributed by atoms with van der Waals surface area (Å²) in [6.07, 6.45) is 0. The van der Waals surface area contributed by atoms with Gasteiger partial charge in [0.05, 0.1) is 0 Å². The van der Waals surface area contributed by atoms with Gasteiger partial charge in [0.15, 0.2) is 0 Å². The SMILES string of the molecule is Nc1cccc(C(=O)Nc2cc(Cl)nc(Cl)n2)c1. The number of hydrogen-bond donors (Lipinski definition) is 2. The van der Waals surface area contributed by atoms with Gasteiger partial charge < -0.3 is 11.1 Å². The number of nitrogens with one attached hydrogen (secondary N) is 1. The average molecular weight is 283 g/mol. The molecule has 7 heteroatoms. The number of anilines is 2. The first-order chi connectivity index (χ1) is 8.54. The normalized spacial score (nSPS) is 10.1. The molecule has 3 N–H and O–H groups in total. The topological polar surface area (TPSA) is 80.9 Å². The highest BCUT2D eigenvalue weighted by Gasteiger charge is 2.08. The van der Waals surface area contributed by atoms with Crippen LogP contribution in [0.2, 0.25) is 10.4 Å². The Morgan fingerprint density at radius 3 is 2.67 bits per heavy atom. The number of amides is 1. The molecule has 0 radical (unpaired) electrons. The molecule has 1 heterocycles. The number of hydrogen-bond acceptors (Lipinski definition) is 4. The van der Waals surface area contributed by atoms with Gasteiger partial charge in [-0.25, -0.2) is 9.97 Å². The maximum Gasteiger partial charge on any atom is 0.256 e. The first-order valence-corrected chi connectivity index (χ1v) is 5.67. The van der Waals surface area contributed by atoms with E-state index in [1.807, 2.05) is 0 Å². The Morgan fingerprint density at radius 1 is 1.22 bits per heavy atom. The van der Waals surface area contributed by atoms with Gasteiger partial charge >= 0.3 is 0 Å². The molecular weight excluding hydrogens is 275 g/mol. The molecule has 2 rings (SSSR count). The monoisotopic (exact) mass is 282 g/mol. The molecule has 5 nitrogen and oxygen atoms in total. The number of rotatable bonds is 2. The molecular formula is C11H8Cl2N4O. The van der Waals surface area contributed by atoms with Crippen molar-refractivity contribution in [2.24, 2.45) is 0 Å². The van der Waals surface area contributed by atoms with Gasteiger partial charge in [0.25, 0.3) is 5.91 Å². The van der Waals surface area contributed by atoms with Crippen LogP contribution in [0.5, 0.6) is 0 Å². The van der Waals surface area contributed by atoms with Gasteiger partial charge in [-0.3, -0.25) is 4.79 Å². The predicted molar refractivity (Wildman–Crippen MR) is 70.9 cm³/mol. The first-order valence-electron chi connectivity index (χ1n) is 4.91. The lowest BCUT2D eigenvalue weighted by Gasteiger charge is -2.05. The molecule has 0 fully saturated rings. The van der Waals surface area contributed by atoms with Crippen molar-refractivity contribution in [1.29, 1.82) is 0 Å². The molecule has 92 valence electrons. The minimum atomic E-state index is -0.354. The summed E-state index contributed by atoms with van der Waals surface area (Å²) < 4.78 is 0. The summed E-state index contributed by atoms with van der Waals surface area (Å²) in [5, 5.41) is 2.67. The van der Waals surface area contributed by atoms with Crippen molar-refractivity contribution in [2.45, 2.75) is 0 Å². The van der Waals surface area contributed by atoms with E-state index in [0.717, 1.165) is 0 Å². The summed E-state index contributed by atoms with van der Waals surface area (Å²) >= 11 is 11.3. The van der Waals surface area contributed by atoms with Gasteiger partial charge in [-0.15, -0.1) is 0 Å². The van der Waals surface area contributed by atoms with Crippen molar-refractivity contribution < 1.29 is 4.79 Å². The third kappa shape index (κ3) is 3.09. The van der Waals surface area contributed by atoms with Gasteiger partial charge in [-0.2, -0.15) is 0 Å². The number of nitrogen functional groups attached to an aromatic ring is 1.